The van der Waals surface area contributed by atoms with Gasteiger partial charge in [0.1, 0.15) is 11.4 Å². The highest BCUT2D eigenvalue weighted by Gasteiger charge is 2.22. The van der Waals surface area contributed by atoms with Gasteiger partial charge in [0.25, 0.3) is 0 Å². The zero-order chi connectivity index (χ0) is 16.2. The Balaban J connectivity index is 2.13. The highest BCUT2D eigenvalue weighted by molar-refractivity contribution is 5.68. The molecule has 5 heteroatoms. The van der Waals surface area contributed by atoms with Gasteiger partial charge < -0.3 is 15.0 Å². The van der Waals surface area contributed by atoms with Crippen LogP contribution in [0.4, 0.5) is 4.79 Å². The Labute approximate surface area is 131 Å². The van der Waals surface area contributed by atoms with Crippen LogP contribution in [0.2, 0.25) is 0 Å². The Bertz CT molecular complexity index is 614. The molecule has 0 saturated carbocycles. The number of hydrogen-bond donors (Lipinski definition) is 2. The molecule has 5 nitrogen and oxygen atoms in total. The molecule has 22 heavy (non-hydrogen) atoms. The van der Waals surface area contributed by atoms with Crippen molar-refractivity contribution in [2.45, 2.75) is 45.8 Å². The Morgan fingerprint density at radius 3 is 2.55 bits per heavy atom. The summed E-state index contributed by atoms with van der Waals surface area (Å²) in [5.41, 5.74) is 1.55. The molecule has 2 aromatic rings. The van der Waals surface area contributed by atoms with Gasteiger partial charge in [-0.05, 0) is 33.3 Å². The lowest BCUT2D eigenvalue weighted by molar-refractivity contribution is 0.0501. The molecule has 0 aliphatic heterocycles. The van der Waals surface area contributed by atoms with Crippen molar-refractivity contribution in [2.75, 3.05) is 0 Å². The van der Waals surface area contributed by atoms with Crippen molar-refractivity contribution in [3.8, 4) is 0 Å². The molecule has 0 aliphatic carbocycles. The van der Waals surface area contributed by atoms with Gasteiger partial charge in [0.15, 0.2) is 0 Å². The third-order valence-corrected chi connectivity index (χ3v) is 3.03. The van der Waals surface area contributed by atoms with E-state index in [0.29, 0.717) is 6.42 Å². The van der Waals surface area contributed by atoms with Crippen LogP contribution in [0.25, 0.3) is 0 Å². The van der Waals surface area contributed by atoms with E-state index in [1.807, 2.05) is 58.0 Å². The van der Waals surface area contributed by atoms with Crippen LogP contribution in [0, 0.1) is 6.92 Å². The second-order valence-electron chi connectivity index (χ2n) is 6.34. The number of carbonyl (C=O) groups excluding carboxylic acids is 1. The number of amides is 1. The molecule has 0 radical (unpaired) electrons. The Kier molecular flexibility index (Phi) is 4.85. The number of nitrogens with zero attached hydrogens (tertiary/aromatic N) is 1. The monoisotopic (exact) mass is 301 g/mol. The summed E-state index contributed by atoms with van der Waals surface area (Å²) in [6, 6.07) is 9.72. The molecule has 1 atom stereocenters. The smallest absolute Gasteiger partial charge is 0.408 e. The Morgan fingerprint density at radius 2 is 2.00 bits per heavy atom. The van der Waals surface area contributed by atoms with Crippen molar-refractivity contribution >= 4 is 6.09 Å². The Morgan fingerprint density at radius 1 is 1.32 bits per heavy atom. The summed E-state index contributed by atoms with van der Waals surface area (Å²) in [5.74, 6) is 0.729. The van der Waals surface area contributed by atoms with E-state index >= 15 is 0 Å². The molecular formula is C17H23N3O2. The average molecular weight is 301 g/mol. The van der Waals surface area contributed by atoms with Crippen LogP contribution >= 0.6 is 0 Å². The number of H-pyrrole nitrogens is 1. The molecule has 1 aromatic heterocycles. The van der Waals surface area contributed by atoms with Crippen molar-refractivity contribution in [3.05, 3.63) is 53.6 Å². The maximum absolute atomic E-state index is 12.1. The number of ether oxygens (including phenoxy) is 1. The lowest BCUT2D eigenvalue weighted by Crippen LogP contribution is -2.36. The van der Waals surface area contributed by atoms with Crippen molar-refractivity contribution in [3.63, 3.8) is 0 Å². The van der Waals surface area contributed by atoms with Gasteiger partial charge in [-0.2, -0.15) is 0 Å². The molecular weight excluding hydrogens is 278 g/mol. The molecule has 118 valence electrons. The van der Waals surface area contributed by atoms with Crippen molar-refractivity contribution in [2.24, 2.45) is 0 Å². The SMILES string of the molecule is Cc1cnc([C@@H](Cc2ccccc2)NC(=O)OC(C)(C)C)[nH]1. The molecule has 0 saturated heterocycles. The van der Waals surface area contributed by atoms with E-state index in [2.05, 4.69) is 15.3 Å². The number of hydrogen-bond acceptors (Lipinski definition) is 3. The largest absolute Gasteiger partial charge is 0.444 e. The van der Waals surface area contributed by atoms with Crippen LogP contribution in [0.5, 0.6) is 0 Å². The molecule has 0 bridgehead atoms. The number of alkyl carbamates (subject to hydrolysis) is 1. The average Bonchev–Trinajstić information content (AvgIpc) is 2.84. The number of carbonyl (C=O) groups is 1. The van der Waals surface area contributed by atoms with E-state index in [1.165, 1.54) is 0 Å². The first-order valence-corrected chi connectivity index (χ1v) is 7.38. The molecule has 1 amide bonds. The third kappa shape index (κ3) is 4.91. The maximum atomic E-state index is 12.1. The minimum atomic E-state index is -0.527. The fourth-order valence-corrected chi connectivity index (χ4v) is 2.13. The summed E-state index contributed by atoms with van der Waals surface area (Å²) in [4.78, 5) is 19.6. The Hall–Kier alpha value is -2.30. The zero-order valence-corrected chi connectivity index (χ0v) is 13.5. The normalized spacial score (nSPS) is 12.7. The van der Waals surface area contributed by atoms with Crippen molar-refractivity contribution in [1.82, 2.24) is 15.3 Å². The van der Waals surface area contributed by atoms with Crippen LogP contribution in [-0.2, 0) is 11.2 Å². The lowest BCUT2D eigenvalue weighted by Gasteiger charge is -2.23. The highest BCUT2D eigenvalue weighted by atomic mass is 16.6. The van der Waals surface area contributed by atoms with Gasteiger partial charge in [-0.25, -0.2) is 9.78 Å². The second-order valence-corrected chi connectivity index (χ2v) is 6.34. The fourth-order valence-electron chi connectivity index (χ4n) is 2.13. The first-order chi connectivity index (χ1) is 10.3. The molecule has 1 heterocycles. The van der Waals surface area contributed by atoms with Crippen LogP contribution in [0.15, 0.2) is 36.5 Å². The van der Waals surface area contributed by atoms with E-state index in [1.54, 1.807) is 6.20 Å². The number of aromatic amines is 1. The molecule has 2 rings (SSSR count). The second kappa shape index (κ2) is 6.64. The number of benzene rings is 1. The van der Waals surface area contributed by atoms with Crippen LogP contribution < -0.4 is 5.32 Å². The highest BCUT2D eigenvalue weighted by Crippen LogP contribution is 2.17. The molecule has 0 fully saturated rings. The summed E-state index contributed by atoms with van der Waals surface area (Å²) < 4.78 is 5.34. The van der Waals surface area contributed by atoms with Gasteiger partial charge in [-0.15, -0.1) is 0 Å². The van der Waals surface area contributed by atoms with E-state index < -0.39 is 11.7 Å². The van der Waals surface area contributed by atoms with Gasteiger partial charge in [0, 0.05) is 18.3 Å². The molecule has 0 spiro atoms. The van der Waals surface area contributed by atoms with Gasteiger partial charge >= 0.3 is 6.09 Å². The molecule has 0 aliphatic rings. The number of imidazole rings is 1. The maximum Gasteiger partial charge on any atom is 0.408 e. The summed E-state index contributed by atoms with van der Waals surface area (Å²) >= 11 is 0. The van der Waals surface area contributed by atoms with E-state index in [9.17, 15) is 4.79 Å². The standard InChI is InChI=1S/C17H23N3O2/c1-12-11-18-15(19-12)14(10-13-8-6-5-7-9-13)20-16(21)22-17(2,3)4/h5-9,11,14H,10H2,1-4H3,(H,18,19)(H,20,21)/t14-/m1/s1. The van der Waals surface area contributed by atoms with Crippen molar-refractivity contribution in [1.29, 1.82) is 0 Å². The number of aryl methyl sites for hydroxylation is 1. The number of rotatable bonds is 4. The fraction of sp³-hybridized carbons (Fsp3) is 0.412. The van der Waals surface area contributed by atoms with Gasteiger partial charge in [-0.1, -0.05) is 30.3 Å². The minimum Gasteiger partial charge on any atom is -0.444 e. The summed E-state index contributed by atoms with van der Waals surface area (Å²) in [6.45, 7) is 7.46. The summed E-state index contributed by atoms with van der Waals surface area (Å²) in [5, 5.41) is 2.90. The molecule has 2 N–H and O–H groups in total. The molecule has 0 unspecified atom stereocenters. The van der Waals surface area contributed by atoms with Crippen LogP contribution in [-0.4, -0.2) is 21.7 Å². The van der Waals surface area contributed by atoms with E-state index in [4.69, 9.17) is 4.74 Å². The van der Waals surface area contributed by atoms with Crippen LogP contribution in [0.1, 0.15) is 43.9 Å². The number of aromatic nitrogens is 2. The summed E-state index contributed by atoms with van der Waals surface area (Å²) in [7, 11) is 0. The minimum absolute atomic E-state index is 0.258. The lowest BCUT2D eigenvalue weighted by atomic mass is 10.1. The zero-order valence-electron chi connectivity index (χ0n) is 13.5. The van der Waals surface area contributed by atoms with Gasteiger partial charge in [-0.3, -0.25) is 0 Å². The predicted octanol–water partition coefficient (Wildman–Crippen LogP) is 3.53. The quantitative estimate of drug-likeness (QED) is 0.908. The van der Waals surface area contributed by atoms with E-state index in [0.717, 1.165) is 17.1 Å². The van der Waals surface area contributed by atoms with Crippen molar-refractivity contribution < 1.29 is 9.53 Å². The number of nitrogens with one attached hydrogen (secondary N) is 2. The molecule has 1 aromatic carbocycles. The third-order valence-electron chi connectivity index (χ3n) is 3.03. The topological polar surface area (TPSA) is 67.0 Å². The van der Waals surface area contributed by atoms with E-state index in [-0.39, 0.29) is 6.04 Å². The van der Waals surface area contributed by atoms with Gasteiger partial charge in [0.05, 0.1) is 6.04 Å². The van der Waals surface area contributed by atoms with Crippen LogP contribution in [0.3, 0.4) is 0 Å². The first-order valence-electron chi connectivity index (χ1n) is 7.38. The van der Waals surface area contributed by atoms with Gasteiger partial charge in [0.2, 0.25) is 0 Å². The first kappa shape index (κ1) is 16.1. The predicted molar refractivity (Wildman–Crippen MR) is 85.6 cm³/mol. The summed E-state index contributed by atoms with van der Waals surface area (Å²) in [6.07, 6.45) is 1.96.